The Morgan fingerprint density at radius 1 is 1.12 bits per heavy atom. The molecule has 3 rings (SSSR count). The summed E-state index contributed by atoms with van der Waals surface area (Å²) in [6, 6.07) is 6.20. The Labute approximate surface area is 153 Å². The summed E-state index contributed by atoms with van der Waals surface area (Å²) in [5.41, 5.74) is 0.587. The molecule has 8 heteroatoms. The number of carbonyl (C=O) groups is 2. The van der Waals surface area contributed by atoms with Crippen LogP contribution < -0.4 is 5.32 Å². The van der Waals surface area contributed by atoms with Gasteiger partial charge in [0.1, 0.15) is 11.6 Å². The van der Waals surface area contributed by atoms with Gasteiger partial charge in [0.2, 0.25) is 5.91 Å². The highest BCUT2D eigenvalue weighted by molar-refractivity contribution is 7.99. The summed E-state index contributed by atoms with van der Waals surface area (Å²) in [4.78, 5) is 30.1. The Kier molecular flexibility index (Phi) is 5.82. The molecule has 1 aliphatic rings. The molecule has 5 nitrogen and oxygen atoms in total. The molecule has 0 spiro atoms. The minimum atomic E-state index is -0.757. The van der Waals surface area contributed by atoms with Crippen molar-refractivity contribution >= 4 is 29.3 Å². The van der Waals surface area contributed by atoms with E-state index in [1.165, 1.54) is 18.0 Å². The van der Waals surface area contributed by atoms with Crippen molar-refractivity contribution in [2.45, 2.75) is 17.9 Å². The number of nitrogens with one attached hydrogen (secondary N) is 1. The SMILES string of the molecule is O=C(CSc1ccc(C(=O)N2CCCC2)cn1)Nc1cc(F)cc(F)c1. The number of benzene rings is 1. The molecule has 0 bridgehead atoms. The van der Waals surface area contributed by atoms with Crippen LogP contribution in [0.2, 0.25) is 0 Å². The van der Waals surface area contributed by atoms with Crippen LogP contribution in [0.5, 0.6) is 0 Å². The highest BCUT2D eigenvalue weighted by atomic mass is 32.2. The zero-order valence-electron chi connectivity index (χ0n) is 13.9. The van der Waals surface area contributed by atoms with Gasteiger partial charge in [0, 0.05) is 31.0 Å². The first kappa shape index (κ1) is 18.3. The highest BCUT2D eigenvalue weighted by Crippen LogP contribution is 2.19. The molecule has 0 atom stereocenters. The quantitative estimate of drug-likeness (QED) is 0.812. The van der Waals surface area contributed by atoms with Gasteiger partial charge in [0.25, 0.3) is 5.91 Å². The molecule has 1 fully saturated rings. The molecule has 136 valence electrons. The molecule has 1 aliphatic heterocycles. The topological polar surface area (TPSA) is 62.3 Å². The largest absolute Gasteiger partial charge is 0.339 e. The number of pyridine rings is 1. The fraction of sp³-hybridized carbons (Fsp3) is 0.278. The number of anilines is 1. The van der Waals surface area contributed by atoms with Crippen molar-refractivity contribution in [1.29, 1.82) is 0 Å². The fourth-order valence-corrected chi connectivity index (χ4v) is 3.30. The number of halogens is 2. The lowest BCUT2D eigenvalue weighted by atomic mass is 10.2. The van der Waals surface area contributed by atoms with Crippen molar-refractivity contribution in [2.24, 2.45) is 0 Å². The van der Waals surface area contributed by atoms with E-state index >= 15 is 0 Å². The molecule has 2 aromatic rings. The zero-order valence-corrected chi connectivity index (χ0v) is 14.7. The Hall–Kier alpha value is -2.48. The van der Waals surface area contributed by atoms with E-state index in [1.807, 2.05) is 0 Å². The molecule has 2 heterocycles. The van der Waals surface area contributed by atoms with Gasteiger partial charge in [0.15, 0.2) is 0 Å². The van der Waals surface area contributed by atoms with Crippen LogP contribution in [0.25, 0.3) is 0 Å². The maximum Gasteiger partial charge on any atom is 0.255 e. The summed E-state index contributed by atoms with van der Waals surface area (Å²) in [6.45, 7) is 1.55. The number of rotatable bonds is 5. The van der Waals surface area contributed by atoms with Crippen LogP contribution in [0.3, 0.4) is 0 Å². The van der Waals surface area contributed by atoms with Crippen molar-refractivity contribution in [1.82, 2.24) is 9.88 Å². The summed E-state index contributed by atoms with van der Waals surface area (Å²) in [5.74, 6) is -1.91. The van der Waals surface area contributed by atoms with Gasteiger partial charge in [-0.1, -0.05) is 11.8 Å². The van der Waals surface area contributed by atoms with Gasteiger partial charge in [-0.15, -0.1) is 0 Å². The van der Waals surface area contributed by atoms with Gasteiger partial charge in [0.05, 0.1) is 16.3 Å². The Morgan fingerprint density at radius 2 is 1.81 bits per heavy atom. The van der Waals surface area contributed by atoms with Crippen LogP contribution in [0.4, 0.5) is 14.5 Å². The fourth-order valence-electron chi connectivity index (χ4n) is 2.66. The second-order valence-corrected chi connectivity index (χ2v) is 6.88. The molecule has 1 aromatic heterocycles. The lowest BCUT2D eigenvalue weighted by Gasteiger charge is -2.14. The smallest absolute Gasteiger partial charge is 0.255 e. The second kappa shape index (κ2) is 8.27. The number of carbonyl (C=O) groups excluding carboxylic acids is 2. The van der Waals surface area contributed by atoms with E-state index in [0.29, 0.717) is 10.6 Å². The lowest BCUT2D eigenvalue weighted by molar-refractivity contribution is -0.113. The van der Waals surface area contributed by atoms with Crippen molar-refractivity contribution < 1.29 is 18.4 Å². The summed E-state index contributed by atoms with van der Waals surface area (Å²) in [5, 5.41) is 3.02. The Morgan fingerprint density at radius 3 is 2.42 bits per heavy atom. The summed E-state index contributed by atoms with van der Waals surface area (Å²) < 4.78 is 26.2. The number of aromatic nitrogens is 1. The molecule has 0 aliphatic carbocycles. The molecular weight excluding hydrogens is 360 g/mol. The van der Waals surface area contributed by atoms with Gasteiger partial charge in [-0.3, -0.25) is 9.59 Å². The van der Waals surface area contributed by atoms with Crippen LogP contribution in [0, 0.1) is 11.6 Å². The molecule has 0 saturated carbocycles. The number of nitrogens with zero attached hydrogens (tertiary/aromatic N) is 2. The number of thioether (sulfide) groups is 1. The molecular formula is C18H17F2N3O2S. The van der Waals surface area contributed by atoms with E-state index < -0.39 is 17.5 Å². The van der Waals surface area contributed by atoms with Gasteiger partial charge >= 0.3 is 0 Å². The first-order valence-electron chi connectivity index (χ1n) is 8.15. The third-order valence-corrected chi connectivity index (χ3v) is 4.82. The third-order valence-electron chi connectivity index (χ3n) is 3.87. The van der Waals surface area contributed by atoms with Crippen molar-refractivity contribution in [3.05, 3.63) is 53.7 Å². The van der Waals surface area contributed by atoms with Crippen LogP contribution in [-0.2, 0) is 4.79 Å². The van der Waals surface area contributed by atoms with Gasteiger partial charge in [-0.25, -0.2) is 13.8 Å². The normalized spacial score (nSPS) is 13.7. The maximum absolute atomic E-state index is 13.1. The average Bonchev–Trinajstić information content (AvgIpc) is 3.13. The molecule has 0 radical (unpaired) electrons. The Bertz CT molecular complexity index is 788. The maximum atomic E-state index is 13.1. The molecule has 26 heavy (non-hydrogen) atoms. The van der Waals surface area contributed by atoms with Crippen LogP contribution in [-0.4, -0.2) is 40.5 Å². The zero-order chi connectivity index (χ0) is 18.5. The number of likely N-dealkylation sites (tertiary alicyclic amines) is 1. The Balaban J connectivity index is 1.52. The number of amides is 2. The molecule has 1 saturated heterocycles. The van der Waals surface area contributed by atoms with Crippen molar-refractivity contribution in [2.75, 3.05) is 24.2 Å². The predicted octanol–water partition coefficient (Wildman–Crippen LogP) is 3.33. The standard InChI is InChI=1S/C18H17F2N3O2S/c19-13-7-14(20)9-15(8-13)22-16(24)11-26-17-4-3-12(10-21-17)18(25)23-5-1-2-6-23/h3-4,7-10H,1-2,5-6,11H2,(H,22,24). The van der Waals surface area contributed by atoms with Crippen LogP contribution in [0.1, 0.15) is 23.2 Å². The number of hydrogen-bond donors (Lipinski definition) is 1. The van der Waals surface area contributed by atoms with E-state index in [2.05, 4.69) is 10.3 Å². The summed E-state index contributed by atoms with van der Waals surface area (Å²) >= 11 is 1.17. The first-order chi connectivity index (χ1) is 12.5. The van der Waals surface area contributed by atoms with E-state index in [-0.39, 0.29) is 17.3 Å². The van der Waals surface area contributed by atoms with Crippen molar-refractivity contribution in [3.63, 3.8) is 0 Å². The molecule has 2 amide bonds. The van der Waals surface area contributed by atoms with E-state index in [9.17, 15) is 18.4 Å². The second-order valence-electron chi connectivity index (χ2n) is 5.88. The van der Waals surface area contributed by atoms with Gasteiger partial charge < -0.3 is 10.2 Å². The monoisotopic (exact) mass is 377 g/mol. The number of hydrogen-bond acceptors (Lipinski definition) is 4. The minimum absolute atomic E-state index is 0.0302. The van der Waals surface area contributed by atoms with E-state index in [0.717, 1.165) is 44.1 Å². The molecule has 1 aromatic carbocycles. The van der Waals surface area contributed by atoms with E-state index in [4.69, 9.17) is 0 Å². The summed E-state index contributed by atoms with van der Waals surface area (Å²) in [7, 11) is 0. The van der Waals surface area contributed by atoms with Gasteiger partial charge in [-0.2, -0.15) is 0 Å². The first-order valence-corrected chi connectivity index (χ1v) is 9.14. The van der Waals surface area contributed by atoms with Crippen LogP contribution in [0.15, 0.2) is 41.6 Å². The van der Waals surface area contributed by atoms with Crippen molar-refractivity contribution in [3.8, 4) is 0 Å². The molecule has 1 N–H and O–H groups in total. The highest BCUT2D eigenvalue weighted by Gasteiger charge is 2.19. The molecule has 0 unspecified atom stereocenters. The minimum Gasteiger partial charge on any atom is -0.339 e. The lowest BCUT2D eigenvalue weighted by Crippen LogP contribution is -2.27. The summed E-state index contributed by atoms with van der Waals surface area (Å²) in [6.07, 6.45) is 3.55. The predicted molar refractivity (Wildman–Crippen MR) is 95.1 cm³/mol. The van der Waals surface area contributed by atoms with Crippen LogP contribution >= 0.6 is 11.8 Å². The van der Waals surface area contributed by atoms with E-state index in [1.54, 1.807) is 17.0 Å². The van der Waals surface area contributed by atoms with Gasteiger partial charge in [-0.05, 0) is 37.1 Å². The third kappa shape index (κ3) is 4.78. The average molecular weight is 377 g/mol.